The number of aliphatic imine (C=N–C) groups is 1. The Morgan fingerprint density at radius 1 is 1.00 bits per heavy atom. The number of aromatic nitrogens is 1. The Morgan fingerprint density at radius 3 is 2.24 bits per heavy atom. The number of guanidine groups is 1. The van der Waals surface area contributed by atoms with Crippen molar-refractivity contribution in [2.75, 3.05) is 20.1 Å². The van der Waals surface area contributed by atoms with Crippen LogP contribution in [0.15, 0.2) is 58.4 Å². The van der Waals surface area contributed by atoms with E-state index in [1.807, 2.05) is 12.3 Å². The molecule has 0 spiro atoms. The minimum Gasteiger partial charge on any atom is -0.355 e. The van der Waals surface area contributed by atoms with E-state index in [9.17, 15) is 4.79 Å². The summed E-state index contributed by atoms with van der Waals surface area (Å²) in [6.07, 6.45) is 1.81. The Kier molecular flexibility index (Phi) is 8.93. The molecule has 0 aliphatic carbocycles. The summed E-state index contributed by atoms with van der Waals surface area (Å²) in [5.41, 5.74) is 2.29. The topological polar surface area (TPSA) is 61.7 Å². The normalized spacial score (nSPS) is 12.1. The molecule has 0 saturated carbocycles. The van der Waals surface area contributed by atoms with Gasteiger partial charge in [-0.1, -0.05) is 30.3 Å². The fourth-order valence-corrected chi connectivity index (χ4v) is 3.37. The van der Waals surface area contributed by atoms with Gasteiger partial charge in [-0.15, -0.1) is 0 Å². The van der Waals surface area contributed by atoms with E-state index in [4.69, 9.17) is 0 Å². The SMILES string of the molecule is CN=C(NCCN(C(C)C)C(C)C)NCc1ccc(Cn2ccccc2=O)cc1. The van der Waals surface area contributed by atoms with Crippen LogP contribution in [0.3, 0.4) is 0 Å². The summed E-state index contributed by atoms with van der Waals surface area (Å²) in [7, 11) is 1.79. The van der Waals surface area contributed by atoms with E-state index in [-0.39, 0.29) is 5.56 Å². The number of benzene rings is 1. The Balaban J connectivity index is 1.82. The van der Waals surface area contributed by atoms with Crippen molar-refractivity contribution in [3.05, 3.63) is 70.1 Å². The van der Waals surface area contributed by atoms with E-state index >= 15 is 0 Å². The van der Waals surface area contributed by atoms with E-state index in [0.29, 0.717) is 25.2 Å². The molecule has 1 aromatic heterocycles. The first-order valence-electron chi connectivity index (χ1n) is 10.3. The lowest BCUT2D eigenvalue weighted by Gasteiger charge is -2.30. The van der Waals surface area contributed by atoms with E-state index in [2.05, 4.69) is 72.5 Å². The summed E-state index contributed by atoms with van der Waals surface area (Å²) >= 11 is 0. The van der Waals surface area contributed by atoms with Crippen LogP contribution in [0.4, 0.5) is 0 Å². The van der Waals surface area contributed by atoms with Crippen LogP contribution in [-0.4, -0.2) is 47.6 Å². The van der Waals surface area contributed by atoms with Crippen molar-refractivity contribution in [1.82, 2.24) is 20.1 Å². The molecule has 1 aromatic carbocycles. The average Bonchev–Trinajstić information content (AvgIpc) is 2.69. The van der Waals surface area contributed by atoms with Crippen LogP contribution in [-0.2, 0) is 13.1 Å². The molecule has 0 bridgehead atoms. The van der Waals surface area contributed by atoms with Gasteiger partial charge in [0.05, 0.1) is 6.54 Å². The van der Waals surface area contributed by atoms with Gasteiger partial charge in [0.25, 0.3) is 5.56 Å². The van der Waals surface area contributed by atoms with Crippen LogP contribution >= 0.6 is 0 Å². The maximum atomic E-state index is 11.8. The van der Waals surface area contributed by atoms with Crippen LogP contribution in [0.2, 0.25) is 0 Å². The van der Waals surface area contributed by atoms with Crippen LogP contribution in [0, 0.1) is 0 Å². The smallest absolute Gasteiger partial charge is 0.250 e. The van der Waals surface area contributed by atoms with Crippen molar-refractivity contribution in [3.63, 3.8) is 0 Å². The van der Waals surface area contributed by atoms with Crippen molar-refractivity contribution in [2.24, 2.45) is 4.99 Å². The minimum absolute atomic E-state index is 0.0154. The van der Waals surface area contributed by atoms with Gasteiger partial charge in [0, 0.05) is 51.0 Å². The maximum Gasteiger partial charge on any atom is 0.250 e. The van der Waals surface area contributed by atoms with E-state index in [1.165, 1.54) is 5.56 Å². The largest absolute Gasteiger partial charge is 0.355 e. The summed E-state index contributed by atoms with van der Waals surface area (Å²) in [6.45, 7) is 12.0. The number of pyridine rings is 1. The second kappa shape index (κ2) is 11.4. The van der Waals surface area contributed by atoms with Crippen molar-refractivity contribution in [1.29, 1.82) is 0 Å². The second-order valence-corrected chi connectivity index (χ2v) is 7.76. The predicted molar refractivity (Wildman–Crippen MR) is 121 cm³/mol. The maximum absolute atomic E-state index is 11.8. The lowest BCUT2D eigenvalue weighted by Crippen LogP contribution is -2.45. The number of nitrogens with zero attached hydrogens (tertiary/aromatic N) is 3. The zero-order chi connectivity index (χ0) is 21.2. The lowest BCUT2D eigenvalue weighted by molar-refractivity contribution is 0.178. The van der Waals surface area contributed by atoms with Gasteiger partial charge >= 0.3 is 0 Å². The molecule has 0 fully saturated rings. The molecule has 2 N–H and O–H groups in total. The third-order valence-electron chi connectivity index (χ3n) is 4.95. The third kappa shape index (κ3) is 7.38. The minimum atomic E-state index is 0.0154. The first-order valence-corrected chi connectivity index (χ1v) is 10.3. The summed E-state index contributed by atoms with van der Waals surface area (Å²) in [6, 6.07) is 14.6. The van der Waals surface area contributed by atoms with E-state index in [1.54, 1.807) is 23.7 Å². The Bertz CT molecular complexity index is 816. The zero-order valence-electron chi connectivity index (χ0n) is 18.4. The predicted octanol–water partition coefficient (Wildman–Crippen LogP) is 2.68. The van der Waals surface area contributed by atoms with Gasteiger partial charge in [0.1, 0.15) is 0 Å². The van der Waals surface area contributed by atoms with E-state index < -0.39 is 0 Å². The lowest BCUT2D eigenvalue weighted by atomic mass is 10.1. The number of hydrogen-bond donors (Lipinski definition) is 2. The second-order valence-electron chi connectivity index (χ2n) is 7.76. The van der Waals surface area contributed by atoms with Gasteiger partial charge in [0.2, 0.25) is 0 Å². The summed E-state index contributed by atoms with van der Waals surface area (Å²) in [4.78, 5) is 18.6. The third-order valence-corrected chi connectivity index (χ3v) is 4.95. The van der Waals surface area contributed by atoms with Crippen molar-refractivity contribution in [2.45, 2.75) is 52.9 Å². The Hall–Kier alpha value is -2.60. The molecule has 29 heavy (non-hydrogen) atoms. The molecule has 1 heterocycles. The van der Waals surface area contributed by atoms with Gasteiger partial charge < -0.3 is 15.2 Å². The number of rotatable bonds is 9. The van der Waals surface area contributed by atoms with Gasteiger partial charge in [-0.2, -0.15) is 0 Å². The molecule has 0 radical (unpaired) electrons. The number of hydrogen-bond acceptors (Lipinski definition) is 3. The molecule has 0 atom stereocenters. The Morgan fingerprint density at radius 2 is 1.66 bits per heavy atom. The van der Waals surface area contributed by atoms with Gasteiger partial charge in [0.15, 0.2) is 5.96 Å². The molecular formula is C23H35N5O. The van der Waals surface area contributed by atoms with Crippen molar-refractivity contribution < 1.29 is 0 Å². The molecule has 0 amide bonds. The molecule has 158 valence electrons. The quantitative estimate of drug-likeness (QED) is 0.504. The van der Waals surface area contributed by atoms with Crippen molar-refractivity contribution >= 4 is 5.96 Å². The van der Waals surface area contributed by atoms with Crippen LogP contribution in [0.5, 0.6) is 0 Å². The molecule has 2 aromatic rings. The van der Waals surface area contributed by atoms with E-state index in [0.717, 1.165) is 24.6 Å². The molecule has 0 aliphatic heterocycles. The zero-order valence-corrected chi connectivity index (χ0v) is 18.4. The van der Waals surface area contributed by atoms with Crippen molar-refractivity contribution in [3.8, 4) is 0 Å². The molecular weight excluding hydrogens is 362 g/mol. The highest BCUT2D eigenvalue weighted by Gasteiger charge is 2.12. The summed E-state index contributed by atoms with van der Waals surface area (Å²) in [5, 5.41) is 6.75. The molecule has 2 rings (SSSR count). The highest BCUT2D eigenvalue weighted by Crippen LogP contribution is 2.06. The van der Waals surface area contributed by atoms with Crippen LogP contribution in [0.1, 0.15) is 38.8 Å². The Labute approximate surface area is 174 Å². The molecule has 0 unspecified atom stereocenters. The average molecular weight is 398 g/mol. The fourth-order valence-electron chi connectivity index (χ4n) is 3.37. The first-order chi connectivity index (χ1) is 13.9. The molecule has 0 saturated heterocycles. The summed E-state index contributed by atoms with van der Waals surface area (Å²) < 4.78 is 1.70. The monoisotopic (exact) mass is 397 g/mol. The van der Waals surface area contributed by atoms with Crippen LogP contribution in [0.25, 0.3) is 0 Å². The van der Waals surface area contributed by atoms with Crippen LogP contribution < -0.4 is 16.2 Å². The summed E-state index contributed by atoms with van der Waals surface area (Å²) in [5.74, 6) is 0.803. The standard InChI is InChI=1S/C23H35N5O/c1-18(2)28(19(3)4)15-13-25-23(24-5)26-16-20-9-11-21(12-10-20)17-27-14-7-6-8-22(27)29/h6-12,14,18-19H,13,15-17H2,1-5H3,(H2,24,25,26). The first kappa shape index (κ1) is 22.7. The molecule has 6 heteroatoms. The molecule has 6 nitrogen and oxygen atoms in total. The fraction of sp³-hybridized carbons (Fsp3) is 0.478. The highest BCUT2D eigenvalue weighted by atomic mass is 16.1. The van der Waals surface area contributed by atoms with Gasteiger partial charge in [-0.25, -0.2) is 0 Å². The highest BCUT2D eigenvalue weighted by molar-refractivity contribution is 5.79. The molecule has 0 aliphatic rings. The van der Waals surface area contributed by atoms with Gasteiger partial charge in [-0.05, 0) is 44.9 Å². The number of nitrogens with one attached hydrogen (secondary N) is 2. The van der Waals surface area contributed by atoms with Gasteiger partial charge in [-0.3, -0.25) is 14.7 Å².